The number of amides is 2. The minimum Gasteiger partial charge on any atom is -0.457 e. The van der Waals surface area contributed by atoms with E-state index in [1.54, 1.807) is 23.5 Å². The molecule has 0 bridgehead atoms. The van der Waals surface area contributed by atoms with E-state index < -0.39 is 0 Å². The smallest absolute Gasteiger partial charge is 0.322 e. The van der Waals surface area contributed by atoms with E-state index in [9.17, 15) is 4.79 Å². The monoisotopic (exact) mass is 599 g/mol. The van der Waals surface area contributed by atoms with Gasteiger partial charge in [0.1, 0.15) is 16.5 Å². The van der Waals surface area contributed by atoms with Crippen molar-refractivity contribution in [2.75, 3.05) is 17.8 Å². The van der Waals surface area contributed by atoms with Crippen LogP contribution in [0, 0.1) is 6.92 Å². The third-order valence-electron chi connectivity index (χ3n) is 6.58. The van der Waals surface area contributed by atoms with Gasteiger partial charge in [-0.2, -0.15) is 0 Å². The molecule has 8 heteroatoms. The zero-order chi connectivity index (χ0) is 26.2. The molecule has 2 amide bonds. The van der Waals surface area contributed by atoms with Gasteiger partial charge in [-0.1, -0.05) is 53.7 Å². The summed E-state index contributed by atoms with van der Waals surface area (Å²) in [4.78, 5) is 21.6. The minimum absolute atomic E-state index is 0.0571. The molecule has 0 unspecified atom stereocenters. The van der Waals surface area contributed by atoms with Crippen LogP contribution in [0.4, 0.5) is 10.5 Å². The van der Waals surface area contributed by atoms with Gasteiger partial charge in [-0.3, -0.25) is 0 Å². The predicted molar refractivity (Wildman–Crippen MR) is 159 cm³/mol. The van der Waals surface area contributed by atoms with Gasteiger partial charge in [0.2, 0.25) is 0 Å². The summed E-state index contributed by atoms with van der Waals surface area (Å²) in [5.41, 5.74) is 2.85. The zero-order valence-electron chi connectivity index (χ0n) is 21.6. The van der Waals surface area contributed by atoms with E-state index in [2.05, 4.69) is 38.4 Å². The second-order valence-electron chi connectivity index (χ2n) is 9.25. The lowest BCUT2D eigenvalue weighted by Gasteiger charge is -2.32. The summed E-state index contributed by atoms with van der Waals surface area (Å²) in [6.07, 6.45) is 10.9. The van der Waals surface area contributed by atoms with Crippen LogP contribution in [0.1, 0.15) is 49.8 Å². The van der Waals surface area contributed by atoms with Crippen LogP contribution in [-0.2, 0) is 6.54 Å². The van der Waals surface area contributed by atoms with Gasteiger partial charge in [-0.25, -0.2) is 9.78 Å². The first-order valence-electron chi connectivity index (χ1n) is 12.7. The number of hydrogen-bond donors (Lipinski definition) is 1. The van der Waals surface area contributed by atoms with Crippen LogP contribution >= 0.6 is 39.5 Å². The van der Waals surface area contributed by atoms with E-state index in [1.165, 1.54) is 12.8 Å². The molecule has 2 aromatic carbocycles. The van der Waals surface area contributed by atoms with Crippen LogP contribution in [0.25, 0.3) is 0 Å². The standard InChI is InChI=1S/C29H34BrN3O2S2/c1-20-18-26(36-2)27(28(31-20)37-3)32-29(34)33(23-8-6-4-5-7-9-23)19-21-10-14-24(15-11-21)35-25-16-12-22(30)13-17-25/h10-18,23H,4-9,19H2,1-3H3,(H,32,34). The van der Waals surface area contributed by atoms with E-state index in [0.29, 0.717) is 6.54 Å². The number of halogens is 1. The summed E-state index contributed by atoms with van der Waals surface area (Å²) in [5, 5.41) is 4.10. The number of thioether (sulfide) groups is 2. The molecule has 0 aliphatic heterocycles. The maximum atomic E-state index is 13.8. The number of aryl methyl sites for hydroxylation is 1. The van der Waals surface area contributed by atoms with E-state index in [4.69, 9.17) is 4.74 Å². The first-order valence-corrected chi connectivity index (χ1v) is 15.9. The Labute approximate surface area is 237 Å². The van der Waals surface area contributed by atoms with Crippen LogP contribution in [-0.4, -0.2) is 34.5 Å². The Bertz CT molecular complexity index is 1160. The molecule has 1 aliphatic carbocycles. The van der Waals surface area contributed by atoms with E-state index in [0.717, 1.165) is 68.5 Å². The van der Waals surface area contributed by atoms with Crippen molar-refractivity contribution in [1.82, 2.24) is 9.88 Å². The highest BCUT2D eigenvalue weighted by atomic mass is 79.9. The van der Waals surface area contributed by atoms with Gasteiger partial charge in [0.15, 0.2) is 0 Å². The van der Waals surface area contributed by atoms with Crippen molar-refractivity contribution in [3.63, 3.8) is 0 Å². The molecular formula is C29H34BrN3O2S2. The number of nitrogens with zero attached hydrogens (tertiary/aromatic N) is 2. The van der Waals surface area contributed by atoms with Gasteiger partial charge < -0.3 is 15.0 Å². The maximum absolute atomic E-state index is 13.8. The molecule has 1 fully saturated rings. The molecule has 0 atom stereocenters. The van der Waals surface area contributed by atoms with Gasteiger partial charge in [0, 0.05) is 27.6 Å². The van der Waals surface area contributed by atoms with Crippen molar-refractivity contribution < 1.29 is 9.53 Å². The lowest BCUT2D eigenvalue weighted by Crippen LogP contribution is -2.42. The molecule has 37 heavy (non-hydrogen) atoms. The fourth-order valence-corrected chi connectivity index (χ4v) is 6.22. The lowest BCUT2D eigenvalue weighted by atomic mass is 10.1. The highest BCUT2D eigenvalue weighted by molar-refractivity contribution is 9.10. The Morgan fingerprint density at radius 3 is 2.22 bits per heavy atom. The SMILES string of the molecule is CSc1cc(C)nc(SC)c1NC(=O)N(Cc1ccc(Oc2ccc(Br)cc2)cc1)C1CCCCCC1. The summed E-state index contributed by atoms with van der Waals surface area (Å²) >= 11 is 6.65. The number of pyridine rings is 1. The van der Waals surface area contributed by atoms with Crippen molar-refractivity contribution in [2.24, 2.45) is 0 Å². The number of carbonyl (C=O) groups excluding carboxylic acids is 1. The fraction of sp³-hybridized carbons (Fsp3) is 0.379. The van der Waals surface area contributed by atoms with Gasteiger partial charge in [0.25, 0.3) is 0 Å². The molecule has 4 rings (SSSR count). The quantitative estimate of drug-likeness (QED) is 0.206. The van der Waals surface area contributed by atoms with Gasteiger partial charge in [0.05, 0.1) is 5.69 Å². The number of benzene rings is 2. The summed E-state index contributed by atoms with van der Waals surface area (Å²) in [6, 6.07) is 18.0. The highest BCUT2D eigenvalue weighted by Gasteiger charge is 2.26. The largest absolute Gasteiger partial charge is 0.457 e. The summed E-state index contributed by atoms with van der Waals surface area (Å²) in [5.74, 6) is 1.56. The molecular weight excluding hydrogens is 566 g/mol. The number of aromatic nitrogens is 1. The number of nitrogens with one attached hydrogen (secondary N) is 1. The number of anilines is 1. The predicted octanol–water partition coefficient (Wildman–Crippen LogP) is 9.15. The molecule has 1 saturated carbocycles. The average Bonchev–Trinajstić information content (AvgIpc) is 3.19. The Morgan fingerprint density at radius 1 is 1.00 bits per heavy atom. The van der Waals surface area contributed by atoms with Gasteiger partial charge in [-0.05, 0) is 80.3 Å². The summed E-state index contributed by atoms with van der Waals surface area (Å²) < 4.78 is 7.00. The summed E-state index contributed by atoms with van der Waals surface area (Å²) in [6.45, 7) is 2.55. The van der Waals surface area contributed by atoms with E-state index >= 15 is 0 Å². The topological polar surface area (TPSA) is 54.5 Å². The Hall–Kier alpha value is -2.16. The molecule has 1 N–H and O–H groups in total. The van der Waals surface area contributed by atoms with Crippen molar-refractivity contribution in [3.8, 4) is 11.5 Å². The minimum atomic E-state index is -0.0571. The molecule has 1 aromatic heterocycles. The zero-order valence-corrected chi connectivity index (χ0v) is 24.8. The van der Waals surface area contributed by atoms with Crippen molar-refractivity contribution in [3.05, 3.63) is 70.3 Å². The van der Waals surface area contributed by atoms with Crippen LogP contribution in [0.3, 0.4) is 0 Å². The van der Waals surface area contributed by atoms with Crippen LogP contribution < -0.4 is 10.1 Å². The first-order chi connectivity index (χ1) is 18.0. The molecule has 5 nitrogen and oxygen atoms in total. The van der Waals surface area contributed by atoms with Gasteiger partial charge in [-0.15, -0.1) is 23.5 Å². The van der Waals surface area contributed by atoms with Crippen LogP contribution in [0.15, 0.2) is 69.0 Å². The Balaban J connectivity index is 1.54. The maximum Gasteiger partial charge on any atom is 0.322 e. The lowest BCUT2D eigenvalue weighted by molar-refractivity contribution is 0.175. The second-order valence-corrected chi connectivity index (χ2v) is 11.8. The third kappa shape index (κ3) is 7.68. The number of ether oxygens (including phenoxy) is 1. The van der Waals surface area contributed by atoms with Crippen molar-refractivity contribution in [1.29, 1.82) is 0 Å². The molecule has 1 aliphatic rings. The van der Waals surface area contributed by atoms with Crippen molar-refractivity contribution >= 4 is 51.2 Å². The second kappa shape index (κ2) is 13.6. The van der Waals surface area contributed by atoms with Gasteiger partial charge >= 0.3 is 6.03 Å². The Morgan fingerprint density at radius 2 is 1.62 bits per heavy atom. The molecule has 0 saturated heterocycles. The molecule has 1 heterocycles. The van der Waals surface area contributed by atoms with E-state index in [1.807, 2.05) is 66.8 Å². The molecule has 0 spiro atoms. The van der Waals surface area contributed by atoms with Crippen molar-refractivity contribution in [2.45, 2.75) is 68.0 Å². The first kappa shape index (κ1) is 27.9. The fourth-order valence-electron chi connectivity index (χ4n) is 4.65. The molecule has 3 aromatic rings. The number of urea groups is 1. The normalized spacial score (nSPS) is 14.2. The Kier molecular flexibility index (Phi) is 10.2. The molecule has 0 radical (unpaired) electrons. The number of rotatable bonds is 8. The third-order valence-corrected chi connectivity index (χ3v) is 8.55. The van der Waals surface area contributed by atoms with E-state index in [-0.39, 0.29) is 12.1 Å². The van der Waals surface area contributed by atoms with Crippen LogP contribution in [0.2, 0.25) is 0 Å². The average molecular weight is 601 g/mol. The molecule has 196 valence electrons. The number of carbonyl (C=O) groups is 1. The summed E-state index contributed by atoms with van der Waals surface area (Å²) in [7, 11) is 0. The number of hydrogen-bond acceptors (Lipinski definition) is 5. The van der Waals surface area contributed by atoms with Crippen LogP contribution in [0.5, 0.6) is 11.5 Å². The highest BCUT2D eigenvalue weighted by Crippen LogP contribution is 2.34.